The van der Waals surface area contributed by atoms with Gasteiger partial charge in [-0.05, 0) is 12.0 Å². The van der Waals surface area contributed by atoms with Crippen LogP contribution in [-0.4, -0.2) is 47.1 Å². The number of nitro benzene ring substituents is 1. The molecule has 0 bridgehead atoms. The van der Waals surface area contributed by atoms with Crippen LogP contribution >= 0.6 is 0 Å². The normalized spacial score (nSPS) is 14.1. The molecule has 0 spiro atoms. The summed E-state index contributed by atoms with van der Waals surface area (Å²) in [6.07, 6.45) is 5.12. The number of nitrogens with one attached hydrogen (secondary N) is 1. The first-order valence-electron chi connectivity index (χ1n) is 7.68. The second kappa shape index (κ2) is 7.79. The van der Waals surface area contributed by atoms with E-state index in [2.05, 4.69) is 41.4 Å². The summed E-state index contributed by atoms with van der Waals surface area (Å²) in [6, 6.07) is 7.33. The molecule has 0 aliphatic carbocycles. The van der Waals surface area contributed by atoms with E-state index in [1.54, 1.807) is 12.1 Å². The quantitative estimate of drug-likeness (QED) is 0.589. The molecule has 1 heterocycles. The van der Waals surface area contributed by atoms with Gasteiger partial charge in [-0.15, -0.1) is 0 Å². The summed E-state index contributed by atoms with van der Waals surface area (Å²) in [5.74, 6) is 0. The van der Waals surface area contributed by atoms with Crippen molar-refractivity contribution in [2.75, 3.05) is 26.3 Å². The Hall–Kier alpha value is -2.08. The van der Waals surface area contributed by atoms with Crippen molar-refractivity contribution in [1.82, 2.24) is 15.1 Å². The van der Waals surface area contributed by atoms with Crippen LogP contribution in [0.4, 0.5) is 5.69 Å². The van der Waals surface area contributed by atoms with Gasteiger partial charge in [-0.2, -0.15) is 0 Å². The van der Waals surface area contributed by atoms with Crippen LogP contribution in [0.5, 0.6) is 0 Å². The monoisotopic (exact) mass is 304 g/mol. The van der Waals surface area contributed by atoms with E-state index in [-0.39, 0.29) is 10.6 Å². The van der Waals surface area contributed by atoms with E-state index in [1.165, 1.54) is 0 Å². The third kappa shape index (κ3) is 5.04. The molecule has 0 atom stereocenters. The maximum absolute atomic E-state index is 10.6. The topological polar surface area (TPSA) is 61.6 Å². The fourth-order valence-corrected chi connectivity index (χ4v) is 2.36. The number of non-ortho nitro benzene ring substituents is 1. The molecule has 0 fully saturated rings. The van der Waals surface area contributed by atoms with Gasteiger partial charge in [-0.1, -0.05) is 26.0 Å². The van der Waals surface area contributed by atoms with Crippen LogP contribution < -0.4 is 5.32 Å². The molecular weight excluding hydrogens is 280 g/mol. The van der Waals surface area contributed by atoms with Crippen molar-refractivity contribution in [1.29, 1.82) is 0 Å². The Kier molecular flexibility index (Phi) is 5.77. The molecule has 120 valence electrons. The lowest BCUT2D eigenvalue weighted by Gasteiger charge is -2.22. The Morgan fingerprint density at radius 1 is 1.18 bits per heavy atom. The standard InChI is InChI=1S/C16H24N4O2/c1-14(2)17-8-10-19-12-11-18(13-19)9-7-15-3-5-16(6-4-15)20(21)22/h3-6,11-12,14,17H,7-10,13H2,1-2H3. The Morgan fingerprint density at radius 3 is 2.41 bits per heavy atom. The van der Waals surface area contributed by atoms with Crippen LogP contribution in [0.2, 0.25) is 0 Å². The first-order valence-corrected chi connectivity index (χ1v) is 7.68. The molecule has 0 amide bonds. The van der Waals surface area contributed by atoms with E-state index in [9.17, 15) is 10.1 Å². The zero-order valence-electron chi connectivity index (χ0n) is 13.2. The molecule has 0 saturated heterocycles. The minimum Gasteiger partial charge on any atom is -0.358 e. The van der Waals surface area contributed by atoms with E-state index in [4.69, 9.17) is 0 Å². The van der Waals surface area contributed by atoms with E-state index in [1.807, 2.05) is 12.1 Å². The molecule has 0 aromatic heterocycles. The van der Waals surface area contributed by atoms with Crippen molar-refractivity contribution in [2.24, 2.45) is 0 Å². The maximum Gasteiger partial charge on any atom is 0.269 e. The van der Waals surface area contributed by atoms with Crippen molar-refractivity contribution in [3.63, 3.8) is 0 Å². The highest BCUT2D eigenvalue weighted by Crippen LogP contribution is 2.13. The van der Waals surface area contributed by atoms with Gasteiger partial charge in [0.25, 0.3) is 5.69 Å². The van der Waals surface area contributed by atoms with Gasteiger partial charge in [0.15, 0.2) is 0 Å². The molecule has 6 heteroatoms. The van der Waals surface area contributed by atoms with E-state index in [0.717, 1.165) is 38.3 Å². The molecular formula is C16H24N4O2. The van der Waals surface area contributed by atoms with Crippen molar-refractivity contribution < 1.29 is 4.92 Å². The predicted molar refractivity (Wildman–Crippen MR) is 87.4 cm³/mol. The number of benzene rings is 1. The van der Waals surface area contributed by atoms with Crippen molar-refractivity contribution in [3.05, 3.63) is 52.3 Å². The molecule has 1 aromatic rings. The van der Waals surface area contributed by atoms with Crippen molar-refractivity contribution in [3.8, 4) is 0 Å². The highest BCUT2D eigenvalue weighted by Gasteiger charge is 2.12. The molecule has 6 nitrogen and oxygen atoms in total. The summed E-state index contributed by atoms with van der Waals surface area (Å²) in [4.78, 5) is 14.8. The van der Waals surface area contributed by atoms with Gasteiger partial charge >= 0.3 is 0 Å². The number of nitro groups is 1. The van der Waals surface area contributed by atoms with E-state index >= 15 is 0 Å². The molecule has 0 saturated carbocycles. The van der Waals surface area contributed by atoms with Crippen LogP contribution in [-0.2, 0) is 6.42 Å². The lowest BCUT2D eigenvalue weighted by molar-refractivity contribution is -0.384. The molecule has 0 unspecified atom stereocenters. The SMILES string of the molecule is CC(C)NCCN1C=CN(CCc2ccc([N+](=O)[O-])cc2)C1. The van der Waals surface area contributed by atoms with Crippen molar-refractivity contribution >= 4 is 5.69 Å². The molecule has 2 rings (SSSR count). The first kappa shape index (κ1) is 16.3. The Labute approximate surface area is 131 Å². The predicted octanol–water partition coefficient (Wildman–Crippen LogP) is 2.18. The third-order valence-electron chi connectivity index (χ3n) is 3.64. The highest BCUT2D eigenvalue weighted by atomic mass is 16.6. The number of hydrogen-bond donors (Lipinski definition) is 1. The molecule has 0 radical (unpaired) electrons. The van der Waals surface area contributed by atoms with E-state index < -0.39 is 0 Å². The zero-order chi connectivity index (χ0) is 15.9. The van der Waals surface area contributed by atoms with Crippen LogP contribution in [0.1, 0.15) is 19.4 Å². The van der Waals surface area contributed by atoms with Crippen LogP contribution in [0, 0.1) is 10.1 Å². The van der Waals surface area contributed by atoms with Gasteiger partial charge in [-0.3, -0.25) is 10.1 Å². The lowest BCUT2D eigenvalue weighted by atomic mass is 10.1. The second-order valence-corrected chi connectivity index (χ2v) is 5.85. The average molecular weight is 304 g/mol. The Balaban J connectivity index is 1.70. The van der Waals surface area contributed by atoms with Gasteiger partial charge in [0, 0.05) is 50.2 Å². The smallest absolute Gasteiger partial charge is 0.269 e. The fourth-order valence-electron chi connectivity index (χ4n) is 2.36. The van der Waals surface area contributed by atoms with Gasteiger partial charge in [0.05, 0.1) is 11.6 Å². The summed E-state index contributed by atoms with van der Waals surface area (Å²) in [5.41, 5.74) is 1.27. The summed E-state index contributed by atoms with van der Waals surface area (Å²) < 4.78 is 0. The largest absolute Gasteiger partial charge is 0.358 e. The molecule has 1 aromatic carbocycles. The number of rotatable bonds is 8. The van der Waals surface area contributed by atoms with Crippen LogP contribution in [0.15, 0.2) is 36.7 Å². The number of nitrogens with zero attached hydrogens (tertiary/aromatic N) is 3. The summed E-state index contributed by atoms with van der Waals surface area (Å²) in [7, 11) is 0. The first-order chi connectivity index (χ1) is 10.5. The van der Waals surface area contributed by atoms with Crippen molar-refractivity contribution in [2.45, 2.75) is 26.3 Å². The molecule has 1 N–H and O–H groups in total. The average Bonchev–Trinajstić information content (AvgIpc) is 2.93. The summed E-state index contributed by atoms with van der Waals surface area (Å²) in [6.45, 7) is 8.11. The molecule has 22 heavy (non-hydrogen) atoms. The third-order valence-corrected chi connectivity index (χ3v) is 3.64. The van der Waals surface area contributed by atoms with E-state index in [0.29, 0.717) is 6.04 Å². The second-order valence-electron chi connectivity index (χ2n) is 5.85. The minimum atomic E-state index is -0.365. The Morgan fingerprint density at radius 2 is 1.82 bits per heavy atom. The summed E-state index contributed by atoms with van der Waals surface area (Å²) in [5, 5.41) is 14.0. The van der Waals surface area contributed by atoms with Gasteiger partial charge in [0.2, 0.25) is 0 Å². The lowest BCUT2D eigenvalue weighted by Crippen LogP contribution is -2.34. The van der Waals surface area contributed by atoms with Gasteiger partial charge < -0.3 is 15.1 Å². The maximum atomic E-state index is 10.6. The zero-order valence-corrected chi connectivity index (χ0v) is 13.2. The van der Waals surface area contributed by atoms with Crippen LogP contribution in [0.25, 0.3) is 0 Å². The molecule has 1 aliphatic heterocycles. The van der Waals surface area contributed by atoms with Gasteiger partial charge in [-0.25, -0.2) is 0 Å². The minimum absolute atomic E-state index is 0.147. The number of hydrogen-bond acceptors (Lipinski definition) is 5. The molecule has 1 aliphatic rings. The highest BCUT2D eigenvalue weighted by molar-refractivity contribution is 5.32. The summed E-state index contributed by atoms with van der Waals surface area (Å²) >= 11 is 0. The van der Waals surface area contributed by atoms with Crippen LogP contribution in [0.3, 0.4) is 0 Å². The van der Waals surface area contributed by atoms with Gasteiger partial charge in [0.1, 0.15) is 0 Å². The Bertz CT molecular complexity index is 513. The fraction of sp³-hybridized carbons (Fsp3) is 0.500.